The van der Waals surface area contributed by atoms with Crippen LogP contribution in [0.1, 0.15) is 46.0 Å². The molecule has 0 atom stereocenters. The second-order valence-corrected chi connectivity index (χ2v) is 3.56. The molecule has 0 aliphatic carbocycles. The highest BCUT2D eigenvalue weighted by Crippen LogP contribution is 1.99. The Morgan fingerprint density at radius 1 is 0.875 bits per heavy atom. The first-order chi connectivity index (χ1) is 7.81. The average molecular weight is 232 g/mol. The molecule has 0 aliphatic heterocycles. The summed E-state index contributed by atoms with van der Waals surface area (Å²) in [6, 6.07) is 0. The van der Waals surface area contributed by atoms with Crippen LogP contribution in [0.3, 0.4) is 0 Å². The van der Waals surface area contributed by atoms with Gasteiger partial charge >= 0.3 is 6.16 Å². The van der Waals surface area contributed by atoms with E-state index in [0.29, 0.717) is 26.4 Å². The molecule has 0 bridgehead atoms. The van der Waals surface area contributed by atoms with Gasteiger partial charge in [-0.25, -0.2) is 4.79 Å². The van der Waals surface area contributed by atoms with Gasteiger partial charge in [0, 0.05) is 19.6 Å². The number of hydrogen-bond acceptors (Lipinski definition) is 4. The molecular formula is C12H24O4. The third-order valence-corrected chi connectivity index (χ3v) is 2.07. The molecule has 0 aromatic heterocycles. The third kappa shape index (κ3) is 11.3. The lowest BCUT2D eigenvalue weighted by Gasteiger charge is -2.06. The minimum absolute atomic E-state index is 0.369. The molecule has 0 spiro atoms. The van der Waals surface area contributed by atoms with Crippen molar-refractivity contribution in [2.45, 2.75) is 46.0 Å². The number of ether oxygens (including phenoxy) is 3. The molecule has 96 valence electrons. The topological polar surface area (TPSA) is 44.8 Å². The Morgan fingerprint density at radius 3 is 2.19 bits per heavy atom. The van der Waals surface area contributed by atoms with E-state index in [4.69, 9.17) is 14.2 Å². The Bertz CT molecular complexity index is 143. The maximum absolute atomic E-state index is 11.0. The molecule has 0 rings (SSSR count). The van der Waals surface area contributed by atoms with E-state index in [1.54, 1.807) is 0 Å². The minimum Gasteiger partial charge on any atom is -0.434 e. The monoisotopic (exact) mass is 232 g/mol. The van der Waals surface area contributed by atoms with Crippen LogP contribution in [-0.4, -0.2) is 32.6 Å². The number of carbonyl (C=O) groups excluding carboxylic acids is 1. The van der Waals surface area contributed by atoms with Crippen LogP contribution in [0.15, 0.2) is 0 Å². The van der Waals surface area contributed by atoms with Crippen molar-refractivity contribution in [2.75, 3.05) is 26.4 Å². The van der Waals surface area contributed by atoms with Gasteiger partial charge in [-0.3, -0.25) is 0 Å². The largest absolute Gasteiger partial charge is 0.508 e. The highest BCUT2D eigenvalue weighted by atomic mass is 16.7. The Kier molecular flexibility index (Phi) is 11.7. The molecule has 0 aliphatic rings. The summed E-state index contributed by atoms with van der Waals surface area (Å²) in [5.41, 5.74) is 0. The molecule has 0 saturated carbocycles. The summed E-state index contributed by atoms with van der Waals surface area (Å²) >= 11 is 0. The van der Waals surface area contributed by atoms with Crippen LogP contribution >= 0.6 is 0 Å². The van der Waals surface area contributed by atoms with Gasteiger partial charge in [-0.15, -0.1) is 0 Å². The highest BCUT2D eigenvalue weighted by Gasteiger charge is 2.02. The lowest BCUT2D eigenvalue weighted by atomic mass is 10.2. The van der Waals surface area contributed by atoms with Crippen LogP contribution in [0, 0.1) is 0 Å². The number of rotatable bonds is 10. The first-order valence-electron chi connectivity index (χ1n) is 6.18. The van der Waals surface area contributed by atoms with Gasteiger partial charge in [0.05, 0.1) is 13.2 Å². The van der Waals surface area contributed by atoms with Crippen LogP contribution in [0.25, 0.3) is 0 Å². The molecule has 0 N–H and O–H groups in total. The molecule has 4 nitrogen and oxygen atoms in total. The normalized spacial score (nSPS) is 10.1. The summed E-state index contributed by atoms with van der Waals surface area (Å²) in [5.74, 6) is 0. The molecule has 0 fully saturated rings. The number of unbranched alkanes of at least 4 members (excludes halogenated alkanes) is 3. The molecule has 0 aromatic rings. The lowest BCUT2D eigenvalue weighted by Crippen LogP contribution is -2.10. The highest BCUT2D eigenvalue weighted by molar-refractivity contribution is 5.59. The summed E-state index contributed by atoms with van der Waals surface area (Å²) in [6.45, 7) is 6.24. The fourth-order valence-electron chi connectivity index (χ4n) is 1.19. The van der Waals surface area contributed by atoms with E-state index >= 15 is 0 Å². The molecule has 0 aromatic carbocycles. The van der Waals surface area contributed by atoms with Crippen LogP contribution < -0.4 is 0 Å². The second kappa shape index (κ2) is 12.3. The third-order valence-electron chi connectivity index (χ3n) is 2.07. The second-order valence-electron chi connectivity index (χ2n) is 3.56. The first-order valence-corrected chi connectivity index (χ1v) is 6.18. The average Bonchev–Trinajstić information content (AvgIpc) is 2.28. The molecule has 0 unspecified atom stereocenters. The van der Waals surface area contributed by atoms with E-state index in [-0.39, 0.29) is 0 Å². The van der Waals surface area contributed by atoms with E-state index in [1.807, 2.05) is 6.92 Å². The quantitative estimate of drug-likeness (QED) is 0.429. The van der Waals surface area contributed by atoms with Gasteiger partial charge in [-0.05, 0) is 13.3 Å². The standard InChI is InChI=1S/C12H24O4/c1-3-5-6-7-10-15-12(13)16-11-8-9-14-4-2/h3-11H2,1-2H3. The molecule has 4 heteroatoms. The van der Waals surface area contributed by atoms with Crippen molar-refractivity contribution in [1.29, 1.82) is 0 Å². The minimum atomic E-state index is -0.562. The predicted molar refractivity (Wildman–Crippen MR) is 62.6 cm³/mol. The van der Waals surface area contributed by atoms with Crippen LogP contribution in [0.5, 0.6) is 0 Å². The fraction of sp³-hybridized carbons (Fsp3) is 0.917. The molecular weight excluding hydrogens is 208 g/mol. The zero-order chi connectivity index (χ0) is 12.1. The summed E-state index contributed by atoms with van der Waals surface area (Å²) in [6.07, 6.45) is 4.55. The van der Waals surface area contributed by atoms with Gasteiger partial charge in [0.1, 0.15) is 0 Å². The predicted octanol–water partition coefficient (Wildman–Crippen LogP) is 3.15. The maximum atomic E-state index is 11.0. The fourth-order valence-corrected chi connectivity index (χ4v) is 1.19. The zero-order valence-electron chi connectivity index (χ0n) is 10.5. The lowest BCUT2D eigenvalue weighted by molar-refractivity contribution is 0.0453. The smallest absolute Gasteiger partial charge is 0.434 e. The summed E-state index contributed by atoms with van der Waals surface area (Å²) in [4.78, 5) is 11.0. The van der Waals surface area contributed by atoms with Crippen molar-refractivity contribution in [3.8, 4) is 0 Å². The van der Waals surface area contributed by atoms with Crippen molar-refractivity contribution in [3.63, 3.8) is 0 Å². The summed E-state index contributed by atoms with van der Waals surface area (Å²) in [5, 5.41) is 0. The van der Waals surface area contributed by atoms with Crippen molar-refractivity contribution >= 4 is 6.16 Å². The van der Waals surface area contributed by atoms with E-state index in [1.165, 1.54) is 12.8 Å². The van der Waals surface area contributed by atoms with Gasteiger partial charge in [-0.1, -0.05) is 26.2 Å². The van der Waals surface area contributed by atoms with Crippen LogP contribution in [0.4, 0.5) is 4.79 Å². The van der Waals surface area contributed by atoms with Crippen molar-refractivity contribution in [3.05, 3.63) is 0 Å². The SMILES string of the molecule is CCCCCCOC(=O)OCCCOCC. The number of hydrogen-bond donors (Lipinski definition) is 0. The Labute approximate surface area is 98.3 Å². The maximum Gasteiger partial charge on any atom is 0.508 e. The molecule has 0 amide bonds. The van der Waals surface area contributed by atoms with Gasteiger partial charge in [0.2, 0.25) is 0 Å². The van der Waals surface area contributed by atoms with Crippen molar-refractivity contribution < 1.29 is 19.0 Å². The number of carbonyl (C=O) groups is 1. The van der Waals surface area contributed by atoms with Crippen molar-refractivity contribution in [1.82, 2.24) is 0 Å². The Hall–Kier alpha value is -0.770. The molecule has 0 radical (unpaired) electrons. The summed E-state index contributed by atoms with van der Waals surface area (Å²) < 4.78 is 14.9. The van der Waals surface area contributed by atoms with Crippen LogP contribution in [0.2, 0.25) is 0 Å². The molecule has 0 heterocycles. The van der Waals surface area contributed by atoms with E-state index < -0.39 is 6.16 Å². The van der Waals surface area contributed by atoms with E-state index in [2.05, 4.69) is 6.92 Å². The van der Waals surface area contributed by atoms with Crippen LogP contribution in [-0.2, 0) is 14.2 Å². The van der Waals surface area contributed by atoms with Gasteiger partial charge < -0.3 is 14.2 Å². The van der Waals surface area contributed by atoms with Crippen molar-refractivity contribution in [2.24, 2.45) is 0 Å². The molecule has 0 saturated heterocycles. The van der Waals surface area contributed by atoms with Gasteiger partial charge in [-0.2, -0.15) is 0 Å². The summed E-state index contributed by atoms with van der Waals surface area (Å²) in [7, 11) is 0. The Morgan fingerprint density at radius 2 is 1.56 bits per heavy atom. The van der Waals surface area contributed by atoms with Gasteiger partial charge in [0.25, 0.3) is 0 Å². The Balaban J connectivity index is 3.12. The first kappa shape index (κ1) is 15.2. The van der Waals surface area contributed by atoms with Gasteiger partial charge in [0.15, 0.2) is 0 Å². The van der Waals surface area contributed by atoms with E-state index in [9.17, 15) is 4.79 Å². The zero-order valence-corrected chi connectivity index (χ0v) is 10.5. The molecule has 16 heavy (non-hydrogen) atoms. The van der Waals surface area contributed by atoms with E-state index in [0.717, 1.165) is 19.3 Å².